The third-order valence-corrected chi connectivity index (χ3v) is 6.70. The van der Waals surface area contributed by atoms with Gasteiger partial charge in [0.25, 0.3) is 0 Å². The number of carboxylic acid groups (broad SMARTS) is 1. The third kappa shape index (κ3) is 5.53. The number of H-pyrrole nitrogens is 1. The number of allylic oxidation sites excluding steroid dienone is 4. The van der Waals surface area contributed by atoms with Gasteiger partial charge in [0, 0.05) is 24.2 Å². The Labute approximate surface area is 214 Å². The van der Waals surface area contributed by atoms with Gasteiger partial charge >= 0.3 is 5.97 Å². The number of carbonyl (C=O) groups is 3. The summed E-state index contributed by atoms with van der Waals surface area (Å²) >= 11 is 0. The fraction of sp³-hybridized carbons (Fsp3) is 0.241. The predicted octanol–water partition coefficient (Wildman–Crippen LogP) is 4.13. The molecular weight excluding hydrogens is 468 g/mol. The molecule has 2 aromatic carbocycles. The minimum Gasteiger partial charge on any atom is -0.481 e. The number of aromatic nitrogens is 2. The lowest BCUT2D eigenvalue weighted by molar-refractivity contribution is -0.136. The number of nitrogens with zero attached hydrogens (tertiary/aromatic N) is 2. The van der Waals surface area contributed by atoms with Gasteiger partial charge in [0.2, 0.25) is 11.8 Å². The zero-order chi connectivity index (χ0) is 25.8. The van der Waals surface area contributed by atoms with Crippen molar-refractivity contribution in [1.29, 1.82) is 0 Å². The molecule has 0 spiro atoms. The molecule has 2 aliphatic rings. The van der Waals surface area contributed by atoms with E-state index in [0.717, 1.165) is 39.1 Å². The van der Waals surface area contributed by atoms with Gasteiger partial charge in [-0.25, -0.2) is 4.98 Å². The Bertz CT molecular complexity index is 1410. The maximum atomic E-state index is 12.8. The molecule has 1 aromatic heterocycles. The number of para-hydroxylation sites is 2. The van der Waals surface area contributed by atoms with Gasteiger partial charge < -0.3 is 20.3 Å². The van der Waals surface area contributed by atoms with Crippen molar-refractivity contribution in [3.8, 4) is 11.4 Å². The first-order chi connectivity index (χ1) is 18.0. The van der Waals surface area contributed by atoms with Crippen molar-refractivity contribution < 1.29 is 19.5 Å². The van der Waals surface area contributed by atoms with E-state index in [0.29, 0.717) is 31.5 Å². The molecule has 3 N–H and O–H groups in total. The molecule has 0 radical (unpaired) electrons. The highest BCUT2D eigenvalue weighted by Crippen LogP contribution is 2.33. The van der Waals surface area contributed by atoms with E-state index in [1.807, 2.05) is 60.7 Å². The lowest BCUT2D eigenvalue weighted by Crippen LogP contribution is -2.40. The quantitative estimate of drug-likeness (QED) is 0.434. The lowest BCUT2D eigenvalue weighted by Gasteiger charge is -2.26. The molecule has 8 nitrogen and oxygen atoms in total. The molecule has 1 aliphatic carbocycles. The fourth-order valence-electron chi connectivity index (χ4n) is 4.82. The standard InChI is InChI=1S/C29H28N4O4/c34-26(18-33-25-8-4-1-5-22(25)21(17-28(36)37)13-14-27(33)35)30-16-15-19-9-11-20(12-10-19)29-31-23-6-2-3-7-24(23)32-29/h1-4,6-12H,5,13-18H2,(H,30,34)(H,31,32)(H,36,37). The molecule has 0 fully saturated rings. The molecule has 0 saturated carbocycles. The van der Waals surface area contributed by atoms with Gasteiger partial charge in [0.1, 0.15) is 12.4 Å². The van der Waals surface area contributed by atoms with Crippen molar-refractivity contribution in [3.05, 3.63) is 89.2 Å². The van der Waals surface area contributed by atoms with Crippen LogP contribution in [0.3, 0.4) is 0 Å². The fourth-order valence-corrected chi connectivity index (χ4v) is 4.82. The van der Waals surface area contributed by atoms with E-state index in [4.69, 9.17) is 0 Å². The highest BCUT2D eigenvalue weighted by atomic mass is 16.4. The first-order valence-electron chi connectivity index (χ1n) is 12.4. The number of carboxylic acids is 1. The van der Waals surface area contributed by atoms with E-state index < -0.39 is 5.97 Å². The van der Waals surface area contributed by atoms with Gasteiger partial charge in [-0.3, -0.25) is 14.4 Å². The normalized spacial score (nSPS) is 15.4. The number of rotatable bonds is 8. The molecule has 5 rings (SSSR count). The van der Waals surface area contributed by atoms with Gasteiger partial charge in [-0.2, -0.15) is 0 Å². The summed E-state index contributed by atoms with van der Waals surface area (Å²) in [6.45, 7) is 0.351. The van der Waals surface area contributed by atoms with E-state index in [2.05, 4.69) is 15.3 Å². The predicted molar refractivity (Wildman–Crippen MR) is 140 cm³/mol. The highest BCUT2D eigenvalue weighted by Gasteiger charge is 2.29. The molecule has 2 amide bonds. The second-order valence-corrected chi connectivity index (χ2v) is 9.22. The molecule has 0 bridgehead atoms. The van der Waals surface area contributed by atoms with Crippen LogP contribution in [0.4, 0.5) is 0 Å². The van der Waals surface area contributed by atoms with E-state index >= 15 is 0 Å². The second-order valence-electron chi connectivity index (χ2n) is 9.22. The van der Waals surface area contributed by atoms with E-state index in [-0.39, 0.29) is 31.2 Å². The zero-order valence-corrected chi connectivity index (χ0v) is 20.4. The van der Waals surface area contributed by atoms with Crippen molar-refractivity contribution in [3.63, 3.8) is 0 Å². The van der Waals surface area contributed by atoms with E-state index in [9.17, 15) is 19.5 Å². The van der Waals surface area contributed by atoms with Crippen LogP contribution in [0.1, 0.15) is 31.2 Å². The molecule has 37 heavy (non-hydrogen) atoms. The van der Waals surface area contributed by atoms with Crippen molar-refractivity contribution in [2.24, 2.45) is 0 Å². The zero-order valence-electron chi connectivity index (χ0n) is 20.4. The summed E-state index contributed by atoms with van der Waals surface area (Å²) < 4.78 is 0. The Morgan fingerprint density at radius 1 is 1.08 bits per heavy atom. The SMILES string of the molecule is O=C(O)CC1=C2CC=CC=C2N(CC(=O)NCCc2ccc(-c3nc4ccccc4[nH]3)cc2)C(=O)CC1. The van der Waals surface area contributed by atoms with Gasteiger partial charge in [-0.05, 0) is 48.6 Å². The molecule has 8 heteroatoms. The first kappa shape index (κ1) is 24.2. The average molecular weight is 497 g/mol. The van der Waals surface area contributed by atoms with Gasteiger partial charge in [0.15, 0.2) is 0 Å². The number of aliphatic carboxylic acids is 1. The van der Waals surface area contributed by atoms with Crippen molar-refractivity contribution >= 4 is 28.8 Å². The number of fused-ring (bicyclic) bond motifs is 2. The average Bonchev–Trinajstić information content (AvgIpc) is 3.29. The maximum Gasteiger partial charge on any atom is 0.307 e. The van der Waals surface area contributed by atoms with Crippen LogP contribution in [0.2, 0.25) is 0 Å². The number of imidazole rings is 1. The van der Waals surface area contributed by atoms with E-state index in [1.54, 1.807) is 6.08 Å². The van der Waals surface area contributed by atoms with Crippen LogP contribution >= 0.6 is 0 Å². The number of hydrogen-bond donors (Lipinski definition) is 3. The van der Waals surface area contributed by atoms with Gasteiger partial charge in [-0.15, -0.1) is 0 Å². The van der Waals surface area contributed by atoms with Crippen molar-refractivity contribution in [2.75, 3.05) is 13.1 Å². The second kappa shape index (κ2) is 10.7. The van der Waals surface area contributed by atoms with Crippen LogP contribution in [0, 0.1) is 0 Å². The van der Waals surface area contributed by atoms with Crippen LogP contribution in [-0.2, 0) is 20.8 Å². The summed E-state index contributed by atoms with van der Waals surface area (Å²) in [6, 6.07) is 16.0. The van der Waals surface area contributed by atoms with Crippen molar-refractivity contribution in [1.82, 2.24) is 20.2 Å². The Balaban J connectivity index is 1.18. The summed E-state index contributed by atoms with van der Waals surface area (Å²) in [4.78, 5) is 46.3. The Kier molecular flexibility index (Phi) is 6.98. The van der Waals surface area contributed by atoms with Crippen molar-refractivity contribution in [2.45, 2.75) is 32.1 Å². The smallest absolute Gasteiger partial charge is 0.307 e. The molecule has 0 saturated heterocycles. The molecule has 3 aromatic rings. The van der Waals surface area contributed by atoms with Gasteiger partial charge in [-0.1, -0.05) is 54.1 Å². The number of amides is 2. The first-order valence-corrected chi connectivity index (χ1v) is 12.4. The summed E-state index contributed by atoms with van der Waals surface area (Å²) in [5.41, 5.74) is 6.22. The number of carbonyl (C=O) groups excluding carboxylic acids is 2. The lowest BCUT2D eigenvalue weighted by atomic mass is 9.94. The Morgan fingerprint density at radius 3 is 2.68 bits per heavy atom. The number of nitrogens with one attached hydrogen (secondary N) is 2. The minimum absolute atomic E-state index is 0.0899. The molecular formula is C29H28N4O4. The number of hydrogen-bond acceptors (Lipinski definition) is 4. The molecule has 188 valence electrons. The highest BCUT2D eigenvalue weighted by molar-refractivity contribution is 5.88. The Morgan fingerprint density at radius 2 is 1.89 bits per heavy atom. The number of aromatic amines is 1. The van der Waals surface area contributed by atoms with Crippen LogP contribution in [0.5, 0.6) is 0 Å². The maximum absolute atomic E-state index is 12.8. The summed E-state index contributed by atoms with van der Waals surface area (Å²) in [5.74, 6) is -0.518. The Hall–Kier alpha value is -4.46. The molecule has 0 unspecified atom stereocenters. The molecule has 1 aliphatic heterocycles. The number of benzene rings is 2. The topological polar surface area (TPSA) is 115 Å². The largest absolute Gasteiger partial charge is 0.481 e. The summed E-state index contributed by atoms with van der Waals surface area (Å²) in [5, 5.41) is 12.2. The van der Waals surface area contributed by atoms with Gasteiger partial charge in [0.05, 0.1) is 17.5 Å². The molecule has 2 heterocycles. The van der Waals surface area contributed by atoms with Crippen LogP contribution in [0.25, 0.3) is 22.4 Å². The third-order valence-electron chi connectivity index (χ3n) is 6.70. The summed E-state index contributed by atoms with van der Waals surface area (Å²) in [6.07, 6.45) is 7.28. The van der Waals surface area contributed by atoms with E-state index in [1.165, 1.54) is 4.90 Å². The summed E-state index contributed by atoms with van der Waals surface area (Å²) in [7, 11) is 0. The molecule has 0 atom stereocenters. The minimum atomic E-state index is -0.916. The van der Waals surface area contributed by atoms with Crippen LogP contribution in [-0.4, -0.2) is 50.8 Å². The van der Waals surface area contributed by atoms with Crippen LogP contribution < -0.4 is 5.32 Å². The van der Waals surface area contributed by atoms with Crippen LogP contribution in [0.15, 0.2) is 83.6 Å². The monoisotopic (exact) mass is 496 g/mol.